The molecule has 120 valence electrons. The highest BCUT2D eigenvalue weighted by Gasteiger charge is 2.31. The molecule has 22 heavy (non-hydrogen) atoms. The van der Waals surface area contributed by atoms with Crippen molar-refractivity contribution in [2.45, 2.75) is 31.3 Å². The van der Waals surface area contributed by atoms with Gasteiger partial charge in [-0.05, 0) is 37.1 Å². The number of amides is 1. The van der Waals surface area contributed by atoms with E-state index >= 15 is 0 Å². The third kappa shape index (κ3) is 4.64. The van der Waals surface area contributed by atoms with Gasteiger partial charge in [0.05, 0.1) is 6.04 Å². The molecule has 1 saturated heterocycles. The summed E-state index contributed by atoms with van der Waals surface area (Å²) in [6.45, 7) is 0. The lowest BCUT2D eigenvalue weighted by molar-refractivity contribution is -0.116. The summed E-state index contributed by atoms with van der Waals surface area (Å²) in [5.41, 5.74) is 0.836. The zero-order valence-corrected chi connectivity index (χ0v) is 15.5. The number of nitrogens with zero attached hydrogens (tertiary/aromatic N) is 2. The third-order valence-electron chi connectivity index (χ3n) is 3.64. The smallest absolute Gasteiger partial charge is 0.226 e. The Morgan fingerprint density at radius 3 is 2.73 bits per heavy atom. The third-order valence-corrected chi connectivity index (χ3v) is 5.37. The van der Waals surface area contributed by atoms with Crippen LogP contribution in [-0.2, 0) is 4.79 Å². The summed E-state index contributed by atoms with van der Waals surface area (Å²) in [6, 6.07) is 8.42. The number of anilines is 1. The van der Waals surface area contributed by atoms with E-state index in [0.717, 1.165) is 21.1 Å². The molecule has 3 rings (SSSR count). The highest BCUT2D eigenvalue weighted by Crippen LogP contribution is 2.30. The first-order valence-corrected chi connectivity index (χ1v) is 8.88. The van der Waals surface area contributed by atoms with Gasteiger partial charge in [0.25, 0.3) is 0 Å². The van der Waals surface area contributed by atoms with Gasteiger partial charge in [0.15, 0.2) is 5.17 Å². The van der Waals surface area contributed by atoms with Crippen molar-refractivity contribution in [2.75, 3.05) is 18.1 Å². The van der Waals surface area contributed by atoms with Crippen LogP contribution in [0.25, 0.3) is 0 Å². The van der Waals surface area contributed by atoms with Crippen molar-refractivity contribution in [3.63, 3.8) is 0 Å². The Hall–Kier alpha value is -0.720. The SMILES string of the molecule is CN1/C(=N/C2CC2)SCC1CC(=O)Nc1ccc(Br)cc1.Cl. The fourth-order valence-electron chi connectivity index (χ4n) is 2.18. The second kappa shape index (κ2) is 7.70. The van der Waals surface area contributed by atoms with Gasteiger partial charge in [-0.25, -0.2) is 0 Å². The minimum atomic E-state index is 0. The van der Waals surface area contributed by atoms with E-state index in [0.29, 0.717) is 12.5 Å². The molecule has 1 heterocycles. The van der Waals surface area contributed by atoms with E-state index in [4.69, 9.17) is 0 Å². The predicted molar refractivity (Wildman–Crippen MR) is 99.1 cm³/mol. The maximum atomic E-state index is 12.1. The van der Waals surface area contributed by atoms with Crippen LogP contribution in [0.4, 0.5) is 5.69 Å². The molecular formula is C15H19BrClN3OS. The van der Waals surface area contributed by atoms with E-state index in [1.54, 1.807) is 11.8 Å². The summed E-state index contributed by atoms with van der Waals surface area (Å²) in [4.78, 5) is 19.0. The molecule has 1 aliphatic carbocycles. The second-order valence-electron chi connectivity index (χ2n) is 5.48. The number of thioether (sulfide) groups is 1. The average Bonchev–Trinajstić information content (AvgIpc) is 3.21. The topological polar surface area (TPSA) is 44.7 Å². The Morgan fingerprint density at radius 1 is 1.41 bits per heavy atom. The normalized spacial score (nSPS) is 22.5. The highest BCUT2D eigenvalue weighted by molar-refractivity contribution is 9.10. The lowest BCUT2D eigenvalue weighted by Crippen LogP contribution is -2.33. The number of hydrogen-bond donors (Lipinski definition) is 1. The van der Waals surface area contributed by atoms with Crippen LogP contribution in [0.15, 0.2) is 33.7 Å². The molecule has 1 aliphatic heterocycles. The first-order chi connectivity index (χ1) is 10.1. The van der Waals surface area contributed by atoms with Crippen LogP contribution in [0.5, 0.6) is 0 Å². The van der Waals surface area contributed by atoms with Gasteiger partial charge in [-0.2, -0.15) is 0 Å². The molecular weight excluding hydrogens is 386 g/mol. The summed E-state index contributed by atoms with van der Waals surface area (Å²) in [5.74, 6) is 0.998. The predicted octanol–water partition coefficient (Wildman–Crippen LogP) is 3.77. The molecule has 0 bridgehead atoms. The van der Waals surface area contributed by atoms with Gasteiger partial charge in [-0.1, -0.05) is 27.7 Å². The number of halogens is 2. The summed E-state index contributed by atoms with van der Waals surface area (Å²) in [6.07, 6.45) is 2.93. The van der Waals surface area contributed by atoms with Crippen molar-refractivity contribution < 1.29 is 4.79 Å². The lowest BCUT2D eigenvalue weighted by Gasteiger charge is -2.20. The molecule has 0 aromatic heterocycles. The van der Waals surface area contributed by atoms with Crippen LogP contribution in [-0.4, -0.2) is 40.9 Å². The fourth-order valence-corrected chi connectivity index (χ4v) is 3.71. The summed E-state index contributed by atoms with van der Waals surface area (Å²) in [5, 5.41) is 4.05. The maximum Gasteiger partial charge on any atom is 0.226 e. The van der Waals surface area contributed by atoms with Crippen molar-refractivity contribution in [3.8, 4) is 0 Å². The molecule has 1 saturated carbocycles. The molecule has 1 amide bonds. The van der Waals surface area contributed by atoms with Gasteiger partial charge >= 0.3 is 0 Å². The van der Waals surface area contributed by atoms with Crippen molar-refractivity contribution >= 4 is 56.9 Å². The van der Waals surface area contributed by atoms with Crippen LogP contribution in [0, 0.1) is 0 Å². The van der Waals surface area contributed by atoms with E-state index in [1.165, 1.54) is 12.8 Å². The Kier molecular flexibility index (Phi) is 6.17. The first-order valence-electron chi connectivity index (χ1n) is 7.10. The Bertz CT molecular complexity index is 562. The molecule has 4 nitrogen and oxygen atoms in total. The number of amidine groups is 1. The van der Waals surface area contributed by atoms with Crippen LogP contribution in [0.2, 0.25) is 0 Å². The molecule has 1 N–H and O–H groups in total. The molecule has 7 heteroatoms. The molecule has 0 spiro atoms. The van der Waals surface area contributed by atoms with Crippen LogP contribution in [0.3, 0.4) is 0 Å². The summed E-state index contributed by atoms with van der Waals surface area (Å²) < 4.78 is 1.01. The number of rotatable bonds is 4. The first kappa shape index (κ1) is 17.6. The lowest BCUT2D eigenvalue weighted by atomic mass is 10.2. The van der Waals surface area contributed by atoms with Gasteiger partial charge in [0.2, 0.25) is 5.91 Å². The zero-order chi connectivity index (χ0) is 14.8. The van der Waals surface area contributed by atoms with Gasteiger partial charge in [-0.15, -0.1) is 12.4 Å². The average molecular weight is 405 g/mol. The number of aliphatic imine (C=N–C) groups is 1. The Labute approximate surface area is 149 Å². The number of carbonyl (C=O) groups is 1. The number of hydrogen-bond acceptors (Lipinski definition) is 3. The summed E-state index contributed by atoms with van der Waals surface area (Å²) in [7, 11) is 2.04. The Morgan fingerprint density at radius 2 is 2.09 bits per heavy atom. The quantitative estimate of drug-likeness (QED) is 0.831. The molecule has 1 atom stereocenters. The standard InChI is InChI=1S/C15H18BrN3OS.ClH/c1-19-13(9-21-15(19)18-12-6-7-12)8-14(20)17-11-4-2-10(16)3-5-11;/h2-5,12-13H,6-9H2,1H3,(H,17,20);1H/b18-15-;. The molecule has 2 aliphatic rings. The van der Waals surface area contributed by atoms with E-state index in [-0.39, 0.29) is 24.4 Å². The van der Waals surface area contributed by atoms with Crippen LogP contribution < -0.4 is 5.32 Å². The molecule has 1 aromatic carbocycles. The van der Waals surface area contributed by atoms with Gasteiger partial charge in [0.1, 0.15) is 0 Å². The van der Waals surface area contributed by atoms with Crippen LogP contribution in [0.1, 0.15) is 19.3 Å². The zero-order valence-electron chi connectivity index (χ0n) is 12.3. The fraction of sp³-hybridized carbons (Fsp3) is 0.467. The van der Waals surface area contributed by atoms with Gasteiger partial charge < -0.3 is 10.2 Å². The Balaban J connectivity index is 0.00000176. The minimum absolute atomic E-state index is 0. The van der Waals surface area contributed by atoms with E-state index in [2.05, 4.69) is 31.1 Å². The van der Waals surface area contributed by atoms with E-state index in [9.17, 15) is 4.79 Å². The van der Waals surface area contributed by atoms with Crippen molar-refractivity contribution in [2.24, 2.45) is 4.99 Å². The highest BCUT2D eigenvalue weighted by atomic mass is 79.9. The largest absolute Gasteiger partial charge is 0.350 e. The monoisotopic (exact) mass is 403 g/mol. The maximum absolute atomic E-state index is 12.1. The van der Waals surface area contributed by atoms with Gasteiger partial charge in [-0.3, -0.25) is 9.79 Å². The van der Waals surface area contributed by atoms with Crippen molar-refractivity contribution in [1.82, 2.24) is 4.90 Å². The molecule has 2 fully saturated rings. The number of carbonyl (C=O) groups excluding carboxylic acids is 1. The molecule has 1 unspecified atom stereocenters. The van der Waals surface area contributed by atoms with Crippen molar-refractivity contribution in [3.05, 3.63) is 28.7 Å². The van der Waals surface area contributed by atoms with E-state index in [1.807, 2.05) is 31.3 Å². The van der Waals surface area contributed by atoms with Gasteiger partial charge in [0, 0.05) is 35.4 Å². The number of nitrogens with one attached hydrogen (secondary N) is 1. The second-order valence-corrected chi connectivity index (χ2v) is 7.38. The van der Waals surface area contributed by atoms with Crippen LogP contribution >= 0.6 is 40.1 Å². The molecule has 1 aromatic rings. The van der Waals surface area contributed by atoms with E-state index < -0.39 is 0 Å². The minimum Gasteiger partial charge on any atom is -0.350 e. The number of benzene rings is 1. The van der Waals surface area contributed by atoms with Crippen molar-refractivity contribution in [1.29, 1.82) is 0 Å². The molecule has 0 radical (unpaired) electrons. The summed E-state index contributed by atoms with van der Waals surface area (Å²) >= 11 is 5.15.